The van der Waals surface area contributed by atoms with Gasteiger partial charge in [0.25, 0.3) is 0 Å². The number of nitrogens with zero attached hydrogens (tertiary/aromatic N) is 2. The normalized spacial score (nSPS) is 11.9. The van der Waals surface area contributed by atoms with Crippen LogP contribution in [-0.2, 0) is 16.4 Å². The molecule has 6 nitrogen and oxygen atoms in total. The van der Waals surface area contributed by atoms with E-state index < -0.39 is 9.84 Å². The van der Waals surface area contributed by atoms with E-state index in [2.05, 4.69) is 4.98 Å². The molecule has 2 heterocycles. The zero-order chi connectivity index (χ0) is 15.0. The largest absolute Gasteiger partial charge is 0.437 e. The van der Waals surface area contributed by atoms with E-state index in [1.807, 2.05) is 16.0 Å². The summed E-state index contributed by atoms with van der Waals surface area (Å²) in [5, 5.41) is 1.92. The number of sulfone groups is 1. The topological polar surface area (TPSA) is 86.7 Å². The molecule has 1 aromatic carbocycles. The average Bonchev–Trinajstić information content (AvgIpc) is 2.98. The van der Waals surface area contributed by atoms with Crippen molar-refractivity contribution in [3.8, 4) is 11.6 Å². The number of thiazole rings is 1. The smallest absolute Gasteiger partial charge is 0.243 e. The van der Waals surface area contributed by atoms with Crippen molar-refractivity contribution in [2.75, 3.05) is 6.26 Å². The van der Waals surface area contributed by atoms with Crippen LogP contribution in [0.15, 0.2) is 40.7 Å². The molecule has 0 radical (unpaired) electrons. The summed E-state index contributed by atoms with van der Waals surface area (Å²) in [5.41, 5.74) is 6.52. The van der Waals surface area contributed by atoms with E-state index in [9.17, 15) is 8.42 Å². The minimum absolute atomic E-state index is 0.250. The van der Waals surface area contributed by atoms with Gasteiger partial charge < -0.3 is 10.5 Å². The summed E-state index contributed by atoms with van der Waals surface area (Å²) in [4.78, 5) is 5.42. The van der Waals surface area contributed by atoms with Gasteiger partial charge in [-0.1, -0.05) is 0 Å². The third-order valence-electron chi connectivity index (χ3n) is 2.98. The van der Waals surface area contributed by atoms with Crippen molar-refractivity contribution in [1.29, 1.82) is 0 Å². The zero-order valence-corrected chi connectivity index (χ0v) is 12.8. The van der Waals surface area contributed by atoms with Crippen molar-refractivity contribution in [2.45, 2.75) is 11.4 Å². The third kappa shape index (κ3) is 2.65. The Morgan fingerprint density at radius 2 is 2.05 bits per heavy atom. The molecule has 0 unspecified atom stereocenters. The average molecular weight is 323 g/mol. The van der Waals surface area contributed by atoms with Crippen molar-refractivity contribution in [2.24, 2.45) is 5.73 Å². The van der Waals surface area contributed by atoms with Crippen LogP contribution in [0.3, 0.4) is 0 Å². The Hall–Kier alpha value is -1.90. The van der Waals surface area contributed by atoms with Crippen molar-refractivity contribution >= 4 is 26.1 Å². The van der Waals surface area contributed by atoms with Crippen LogP contribution in [0.5, 0.6) is 11.6 Å². The number of fused-ring (bicyclic) bond motifs is 1. The lowest BCUT2D eigenvalue weighted by Crippen LogP contribution is -2.02. The van der Waals surface area contributed by atoms with Crippen molar-refractivity contribution < 1.29 is 13.2 Å². The monoisotopic (exact) mass is 323 g/mol. The minimum Gasteiger partial charge on any atom is -0.437 e. The van der Waals surface area contributed by atoms with Crippen molar-refractivity contribution in [1.82, 2.24) is 9.38 Å². The maximum absolute atomic E-state index is 11.4. The molecule has 0 atom stereocenters. The number of nitrogens with two attached hydrogens (primary N) is 1. The summed E-state index contributed by atoms with van der Waals surface area (Å²) in [5.74, 6) is 0.958. The molecule has 0 bridgehead atoms. The fraction of sp³-hybridized carbons (Fsp3) is 0.154. The molecular weight excluding hydrogens is 310 g/mol. The molecule has 0 aliphatic rings. The van der Waals surface area contributed by atoms with E-state index in [4.69, 9.17) is 10.5 Å². The Bertz CT molecular complexity index is 879. The predicted molar refractivity (Wildman–Crippen MR) is 80.6 cm³/mol. The van der Waals surface area contributed by atoms with Crippen LogP contribution in [-0.4, -0.2) is 24.1 Å². The SMILES string of the molecule is CS(=O)(=O)c1ccc(Oc2nc3sccn3c2CN)cc1. The molecule has 0 saturated carbocycles. The van der Waals surface area contributed by atoms with Crippen LogP contribution in [0.1, 0.15) is 5.69 Å². The number of benzene rings is 1. The second kappa shape index (κ2) is 5.14. The standard InChI is InChI=1S/C13H13N3O3S2/c1-21(17,18)10-4-2-9(3-5-10)19-12-11(8-14)16-6-7-20-13(16)15-12/h2-7H,8,14H2,1H3. The van der Waals surface area contributed by atoms with E-state index in [0.29, 0.717) is 18.2 Å². The van der Waals surface area contributed by atoms with Gasteiger partial charge >= 0.3 is 0 Å². The molecule has 21 heavy (non-hydrogen) atoms. The highest BCUT2D eigenvalue weighted by Crippen LogP contribution is 2.28. The van der Waals surface area contributed by atoms with Crippen LogP contribution >= 0.6 is 11.3 Å². The molecule has 2 N–H and O–H groups in total. The summed E-state index contributed by atoms with van der Waals surface area (Å²) in [6.07, 6.45) is 3.05. The molecule has 0 aliphatic carbocycles. The number of ether oxygens (including phenoxy) is 1. The molecule has 0 amide bonds. The molecule has 8 heteroatoms. The summed E-state index contributed by atoms with van der Waals surface area (Å²) >= 11 is 1.49. The van der Waals surface area contributed by atoms with Gasteiger partial charge in [0.2, 0.25) is 5.88 Å². The summed E-state index contributed by atoms with van der Waals surface area (Å²) in [6.45, 7) is 0.300. The summed E-state index contributed by atoms with van der Waals surface area (Å²) in [6, 6.07) is 6.21. The number of imidazole rings is 1. The quantitative estimate of drug-likeness (QED) is 0.794. The Kier molecular flexibility index (Phi) is 3.44. The fourth-order valence-electron chi connectivity index (χ4n) is 1.95. The van der Waals surface area contributed by atoms with Crippen LogP contribution in [0, 0.1) is 0 Å². The third-order valence-corrected chi connectivity index (χ3v) is 4.87. The number of rotatable bonds is 4. The Morgan fingerprint density at radius 3 is 2.67 bits per heavy atom. The number of aromatic nitrogens is 2. The van der Waals surface area contributed by atoms with Gasteiger partial charge in [-0.2, -0.15) is 4.98 Å². The van der Waals surface area contributed by atoms with Crippen LogP contribution in [0.4, 0.5) is 0 Å². The minimum atomic E-state index is -3.21. The van der Waals surface area contributed by atoms with E-state index in [0.717, 1.165) is 10.7 Å². The zero-order valence-electron chi connectivity index (χ0n) is 11.2. The molecule has 0 fully saturated rings. The molecule has 2 aromatic heterocycles. The number of hydrogen-bond donors (Lipinski definition) is 1. The van der Waals surface area contributed by atoms with Gasteiger partial charge in [0, 0.05) is 24.4 Å². The molecule has 0 saturated heterocycles. The fourth-order valence-corrected chi connectivity index (χ4v) is 3.30. The lowest BCUT2D eigenvalue weighted by molar-refractivity contribution is 0.459. The highest BCUT2D eigenvalue weighted by molar-refractivity contribution is 7.90. The van der Waals surface area contributed by atoms with Gasteiger partial charge in [-0.25, -0.2) is 8.42 Å². The van der Waals surface area contributed by atoms with Gasteiger partial charge in [-0.15, -0.1) is 11.3 Å². The Balaban J connectivity index is 1.93. The highest BCUT2D eigenvalue weighted by Gasteiger charge is 2.14. The first-order valence-corrected chi connectivity index (χ1v) is 8.88. The van der Waals surface area contributed by atoms with Gasteiger partial charge in [0.15, 0.2) is 14.8 Å². The first-order valence-electron chi connectivity index (χ1n) is 6.11. The highest BCUT2D eigenvalue weighted by atomic mass is 32.2. The molecule has 3 aromatic rings. The van der Waals surface area contributed by atoms with E-state index in [1.54, 1.807) is 12.1 Å². The molecule has 0 aliphatic heterocycles. The van der Waals surface area contributed by atoms with Crippen LogP contribution in [0.2, 0.25) is 0 Å². The second-order valence-corrected chi connectivity index (χ2v) is 7.36. The first kappa shape index (κ1) is 14.1. The van der Waals surface area contributed by atoms with E-state index in [1.165, 1.54) is 29.7 Å². The van der Waals surface area contributed by atoms with E-state index in [-0.39, 0.29) is 4.90 Å². The molecular formula is C13H13N3O3S2. The van der Waals surface area contributed by atoms with Gasteiger partial charge in [-0.05, 0) is 24.3 Å². The Labute approximate surface area is 125 Å². The second-order valence-electron chi connectivity index (χ2n) is 4.47. The molecule has 0 spiro atoms. The van der Waals surface area contributed by atoms with Crippen molar-refractivity contribution in [3.05, 3.63) is 41.5 Å². The first-order chi connectivity index (χ1) is 9.99. The van der Waals surface area contributed by atoms with Crippen LogP contribution < -0.4 is 10.5 Å². The number of hydrogen-bond acceptors (Lipinski definition) is 6. The van der Waals surface area contributed by atoms with Gasteiger partial charge in [-0.3, -0.25) is 4.40 Å². The lowest BCUT2D eigenvalue weighted by atomic mass is 10.3. The predicted octanol–water partition coefficient (Wildman–Crippen LogP) is 2.05. The van der Waals surface area contributed by atoms with E-state index >= 15 is 0 Å². The van der Waals surface area contributed by atoms with Gasteiger partial charge in [0.05, 0.1) is 4.90 Å². The summed E-state index contributed by atoms with van der Waals surface area (Å²) < 4.78 is 30.4. The maximum atomic E-state index is 11.4. The maximum Gasteiger partial charge on any atom is 0.243 e. The van der Waals surface area contributed by atoms with Crippen molar-refractivity contribution in [3.63, 3.8) is 0 Å². The molecule has 3 rings (SSSR count). The van der Waals surface area contributed by atoms with Crippen LogP contribution in [0.25, 0.3) is 4.96 Å². The summed E-state index contributed by atoms with van der Waals surface area (Å²) in [7, 11) is -3.21. The Morgan fingerprint density at radius 1 is 1.33 bits per heavy atom. The van der Waals surface area contributed by atoms with Gasteiger partial charge in [0.1, 0.15) is 11.4 Å². The lowest BCUT2D eigenvalue weighted by Gasteiger charge is -2.05. The molecule has 110 valence electrons.